The van der Waals surface area contributed by atoms with Gasteiger partial charge in [-0.15, -0.1) is 5.10 Å². The van der Waals surface area contributed by atoms with Crippen LogP contribution in [0, 0.1) is 0 Å². The van der Waals surface area contributed by atoms with Gasteiger partial charge in [-0.05, 0) is 24.0 Å². The van der Waals surface area contributed by atoms with Gasteiger partial charge >= 0.3 is 0 Å². The first-order valence-electron chi connectivity index (χ1n) is 5.67. The highest BCUT2D eigenvalue weighted by atomic mass is 32.1. The van der Waals surface area contributed by atoms with E-state index in [2.05, 4.69) is 32.0 Å². The minimum atomic E-state index is 0.0867. The number of nitrogens with one attached hydrogen (secondary N) is 1. The minimum absolute atomic E-state index is 0.0867. The first-order chi connectivity index (χ1) is 8.90. The smallest absolute Gasteiger partial charge is 0.0722 e. The molecule has 0 bridgehead atoms. The zero-order chi connectivity index (χ0) is 12.4. The van der Waals surface area contributed by atoms with Crippen molar-refractivity contribution in [1.82, 2.24) is 19.9 Å². The van der Waals surface area contributed by atoms with Gasteiger partial charge in [0.05, 0.1) is 17.1 Å². The van der Waals surface area contributed by atoms with E-state index in [9.17, 15) is 0 Å². The summed E-state index contributed by atoms with van der Waals surface area (Å²) in [5.41, 5.74) is 1.15. The van der Waals surface area contributed by atoms with Crippen LogP contribution in [0.15, 0.2) is 42.9 Å². The second kappa shape index (κ2) is 4.80. The molecule has 0 spiro atoms. The Balaban J connectivity index is 2.18. The molecular formula is C13H12N4S. The number of aromatic nitrogens is 3. The van der Waals surface area contributed by atoms with Gasteiger partial charge in [-0.25, -0.2) is 0 Å². The molecule has 0 amide bonds. The third-order valence-corrected chi connectivity index (χ3v) is 3.69. The Kier molecular flexibility index (Phi) is 3.00. The molecule has 2 aromatic heterocycles. The van der Waals surface area contributed by atoms with E-state index in [0.717, 1.165) is 15.8 Å². The molecule has 0 aliphatic carbocycles. The Labute approximate surface area is 109 Å². The summed E-state index contributed by atoms with van der Waals surface area (Å²) in [6.45, 7) is 0. The molecule has 0 aliphatic heterocycles. The van der Waals surface area contributed by atoms with E-state index >= 15 is 0 Å². The third kappa shape index (κ3) is 1.87. The molecule has 0 saturated carbocycles. The molecule has 1 atom stereocenters. The number of hydrogen-bond acceptors (Lipinski definition) is 5. The second-order valence-corrected chi connectivity index (χ2v) is 4.81. The van der Waals surface area contributed by atoms with E-state index < -0.39 is 0 Å². The summed E-state index contributed by atoms with van der Waals surface area (Å²) < 4.78 is 3.93. The Morgan fingerprint density at radius 2 is 2.06 bits per heavy atom. The Morgan fingerprint density at radius 3 is 2.83 bits per heavy atom. The summed E-state index contributed by atoms with van der Waals surface area (Å²) in [6, 6.07) is 8.35. The fraction of sp³-hybridized carbons (Fsp3) is 0.154. The Hall–Kier alpha value is -1.85. The molecule has 2 heterocycles. The zero-order valence-corrected chi connectivity index (χ0v) is 10.7. The van der Waals surface area contributed by atoms with E-state index in [1.165, 1.54) is 16.9 Å². The molecule has 0 aliphatic rings. The van der Waals surface area contributed by atoms with Crippen LogP contribution in [0.5, 0.6) is 0 Å². The van der Waals surface area contributed by atoms with Gasteiger partial charge in [-0.3, -0.25) is 4.98 Å². The van der Waals surface area contributed by atoms with Crippen molar-refractivity contribution in [2.45, 2.75) is 6.04 Å². The summed E-state index contributed by atoms with van der Waals surface area (Å²) in [6.07, 6.45) is 5.59. The van der Waals surface area contributed by atoms with Crippen LogP contribution in [0.3, 0.4) is 0 Å². The largest absolute Gasteiger partial charge is 0.308 e. The van der Waals surface area contributed by atoms with Crippen LogP contribution in [-0.2, 0) is 0 Å². The van der Waals surface area contributed by atoms with Crippen LogP contribution in [0.4, 0.5) is 0 Å². The molecule has 3 aromatic rings. The van der Waals surface area contributed by atoms with Gasteiger partial charge in [0, 0.05) is 23.3 Å². The van der Waals surface area contributed by atoms with E-state index in [0.29, 0.717) is 0 Å². The Morgan fingerprint density at radius 1 is 1.17 bits per heavy atom. The lowest BCUT2D eigenvalue weighted by Crippen LogP contribution is -2.17. The summed E-state index contributed by atoms with van der Waals surface area (Å²) >= 11 is 1.41. The number of hydrogen-bond donors (Lipinski definition) is 1. The first kappa shape index (κ1) is 11.3. The molecular weight excluding hydrogens is 244 g/mol. The van der Waals surface area contributed by atoms with Crippen molar-refractivity contribution < 1.29 is 0 Å². The second-order valence-electron chi connectivity index (χ2n) is 3.99. The molecule has 1 unspecified atom stereocenters. The van der Waals surface area contributed by atoms with E-state index in [-0.39, 0.29) is 6.04 Å². The molecule has 1 N–H and O–H groups in total. The highest BCUT2D eigenvalue weighted by Gasteiger charge is 2.17. The van der Waals surface area contributed by atoms with Gasteiger partial charge in [0.1, 0.15) is 0 Å². The number of rotatable bonds is 3. The van der Waals surface area contributed by atoms with E-state index in [4.69, 9.17) is 0 Å². The van der Waals surface area contributed by atoms with Gasteiger partial charge in [0.2, 0.25) is 0 Å². The molecule has 0 saturated heterocycles. The van der Waals surface area contributed by atoms with Crippen molar-refractivity contribution in [2.24, 2.45) is 0 Å². The van der Waals surface area contributed by atoms with Crippen molar-refractivity contribution in [3.63, 3.8) is 0 Å². The lowest BCUT2D eigenvalue weighted by molar-refractivity contribution is 0.704. The predicted octanol–water partition coefficient (Wildman–Crippen LogP) is 2.40. The monoisotopic (exact) mass is 256 g/mol. The Bertz CT molecular complexity index is 646. The average molecular weight is 256 g/mol. The van der Waals surface area contributed by atoms with Crippen LogP contribution in [0.1, 0.15) is 16.5 Å². The van der Waals surface area contributed by atoms with Crippen molar-refractivity contribution >= 4 is 22.3 Å². The van der Waals surface area contributed by atoms with Gasteiger partial charge in [-0.2, -0.15) is 0 Å². The normalized spacial score (nSPS) is 12.7. The summed E-state index contributed by atoms with van der Waals surface area (Å²) in [5, 5.41) is 9.56. The number of benzene rings is 1. The molecule has 18 heavy (non-hydrogen) atoms. The van der Waals surface area contributed by atoms with Crippen LogP contribution in [0.2, 0.25) is 0 Å². The number of nitrogens with zero attached hydrogens (tertiary/aromatic N) is 3. The summed E-state index contributed by atoms with van der Waals surface area (Å²) in [7, 11) is 1.94. The molecule has 90 valence electrons. The molecule has 0 fully saturated rings. The van der Waals surface area contributed by atoms with Crippen LogP contribution >= 0.6 is 11.5 Å². The fourth-order valence-electron chi connectivity index (χ4n) is 2.12. The lowest BCUT2D eigenvalue weighted by atomic mass is 10.0. The molecule has 0 radical (unpaired) electrons. The highest BCUT2D eigenvalue weighted by molar-refractivity contribution is 7.05. The maximum absolute atomic E-state index is 4.32. The SMILES string of the molecule is CNC(c1cnns1)c1cncc2ccccc12. The topological polar surface area (TPSA) is 50.7 Å². The van der Waals surface area contributed by atoms with Gasteiger partial charge < -0.3 is 5.32 Å². The van der Waals surface area contributed by atoms with E-state index in [1.807, 2.05) is 31.6 Å². The van der Waals surface area contributed by atoms with E-state index in [1.54, 1.807) is 6.20 Å². The molecule has 4 nitrogen and oxygen atoms in total. The highest BCUT2D eigenvalue weighted by Crippen LogP contribution is 2.28. The van der Waals surface area contributed by atoms with Crippen molar-refractivity contribution in [1.29, 1.82) is 0 Å². The minimum Gasteiger partial charge on any atom is -0.308 e. The maximum Gasteiger partial charge on any atom is 0.0722 e. The van der Waals surface area contributed by atoms with Crippen molar-refractivity contribution in [3.05, 3.63) is 53.3 Å². The van der Waals surface area contributed by atoms with Crippen molar-refractivity contribution in [3.8, 4) is 0 Å². The molecule has 1 aromatic carbocycles. The standard InChI is InChI=1S/C13H12N4S/c1-14-13(12-8-16-17-18-12)11-7-15-6-9-4-2-3-5-10(9)11/h2-8,13-14H,1H3. The van der Waals surface area contributed by atoms with Gasteiger partial charge in [-0.1, -0.05) is 28.8 Å². The average Bonchev–Trinajstić information content (AvgIpc) is 2.94. The quantitative estimate of drug-likeness (QED) is 0.781. The predicted molar refractivity (Wildman–Crippen MR) is 72.6 cm³/mol. The van der Waals surface area contributed by atoms with Crippen molar-refractivity contribution in [2.75, 3.05) is 7.05 Å². The molecule has 5 heteroatoms. The zero-order valence-electron chi connectivity index (χ0n) is 9.87. The fourth-order valence-corrected chi connectivity index (χ4v) is 2.76. The third-order valence-electron chi connectivity index (χ3n) is 2.96. The first-order valence-corrected chi connectivity index (χ1v) is 6.44. The number of pyridine rings is 1. The summed E-state index contributed by atoms with van der Waals surface area (Å²) in [5.74, 6) is 0. The number of fused-ring (bicyclic) bond motifs is 1. The van der Waals surface area contributed by atoms with Gasteiger partial charge in [0.15, 0.2) is 0 Å². The van der Waals surface area contributed by atoms with Gasteiger partial charge in [0.25, 0.3) is 0 Å². The summed E-state index contributed by atoms with van der Waals surface area (Å²) in [4.78, 5) is 5.41. The van der Waals surface area contributed by atoms with Crippen LogP contribution in [-0.4, -0.2) is 21.6 Å². The maximum atomic E-state index is 4.32. The van der Waals surface area contributed by atoms with Crippen LogP contribution < -0.4 is 5.32 Å². The van der Waals surface area contributed by atoms with Crippen LogP contribution in [0.25, 0.3) is 10.8 Å². The molecule has 3 rings (SSSR count). The lowest BCUT2D eigenvalue weighted by Gasteiger charge is -2.15.